The van der Waals surface area contributed by atoms with E-state index in [1.54, 1.807) is 0 Å². The normalized spacial score (nSPS) is 20.8. The number of hydrogen-bond donors (Lipinski definition) is 0. The predicted octanol–water partition coefficient (Wildman–Crippen LogP) is 0.454. The zero-order valence-electron chi connectivity index (χ0n) is 17.4. The molecule has 0 radical (unpaired) electrons. The van der Waals surface area contributed by atoms with E-state index in [1.807, 2.05) is 16.7 Å². The molecule has 2 saturated heterocycles. The lowest BCUT2D eigenvalue weighted by Gasteiger charge is -2.40. The van der Waals surface area contributed by atoms with E-state index in [4.69, 9.17) is 0 Å². The smallest absolute Gasteiger partial charge is 0.269 e. The van der Waals surface area contributed by atoms with Crippen LogP contribution in [0.25, 0.3) is 0 Å². The number of nitrogens with zero attached hydrogens (tertiary/aromatic N) is 5. The minimum atomic E-state index is -3.72. The van der Waals surface area contributed by atoms with Gasteiger partial charge in [0.05, 0.1) is 15.9 Å². The molecule has 2 aliphatic rings. The van der Waals surface area contributed by atoms with Gasteiger partial charge < -0.3 is 9.80 Å². The Balaban J connectivity index is 1.57. The number of carbonyl (C=O) groups is 1. The van der Waals surface area contributed by atoms with Crippen molar-refractivity contribution in [2.75, 3.05) is 58.9 Å². The minimum Gasteiger partial charge on any atom is -0.339 e. The van der Waals surface area contributed by atoms with Gasteiger partial charge in [-0.1, -0.05) is 6.92 Å². The summed E-state index contributed by atoms with van der Waals surface area (Å²) in [4.78, 5) is 29.4. The highest BCUT2D eigenvalue weighted by Crippen LogP contribution is 2.21. The van der Waals surface area contributed by atoms with Gasteiger partial charge in [0.15, 0.2) is 0 Å². The molecular formula is C19H29N5O5S. The molecule has 3 rings (SSSR count). The van der Waals surface area contributed by atoms with Crippen LogP contribution in [0, 0.1) is 10.1 Å². The van der Waals surface area contributed by atoms with Crippen molar-refractivity contribution in [1.29, 1.82) is 0 Å². The molecule has 1 aromatic rings. The average molecular weight is 440 g/mol. The molecule has 0 spiro atoms. The summed E-state index contributed by atoms with van der Waals surface area (Å²) in [6, 6.07) is 4.64. The van der Waals surface area contributed by atoms with Crippen LogP contribution < -0.4 is 0 Å². The fraction of sp³-hybridized carbons (Fsp3) is 0.632. The Bertz CT molecular complexity index is 860. The number of non-ortho nitro benzene ring substituents is 1. The Labute approximate surface area is 177 Å². The van der Waals surface area contributed by atoms with Crippen molar-refractivity contribution in [3.63, 3.8) is 0 Å². The standard InChI is InChI=1S/C19H29N5O5S/c1-3-20-8-10-22(11-9-20)19(25)16(2)21-12-14-23(15-13-21)30(28,29)18-6-4-17(5-7-18)24(26)27/h4-7,16H,3,8-15H2,1-2H3. The van der Waals surface area contributed by atoms with E-state index >= 15 is 0 Å². The molecule has 1 amide bonds. The van der Waals surface area contributed by atoms with E-state index in [2.05, 4.69) is 11.8 Å². The van der Waals surface area contributed by atoms with Crippen LogP contribution in [0.2, 0.25) is 0 Å². The SMILES string of the molecule is CCN1CCN(C(=O)C(C)N2CCN(S(=O)(=O)c3ccc([N+](=O)[O-])cc3)CC2)CC1. The van der Waals surface area contributed by atoms with Crippen molar-refractivity contribution in [3.8, 4) is 0 Å². The van der Waals surface area contributed by atoms with Gasteiger partial charge in [0.2, 0.25) is 15.9 Å². The molecule has 30 heavy (non-hydrogen) atoms. The maximum absolute atomic E-state index is 12.9. The summed E-state index contributed by atoms with van der Waals surface area (Å²) in [5.74, 6) is 0.0948. The summed E-state index contributed by atoms with van der Waals surface area (Å²) in [5, 5.41) is 10.8. The van der Waals surface area contributed by atoms with Crippen molar-refractivity contribution in [2.45, 2.75) is 24.8 Å². The highest BCUT2D eigenvalue weighted by molar-refractivity contribution is 7.89. The van der Waals surface area contributed by atoms with Crippen molar-refractivity contribution < 1.29 is 18.1 Å². The summed E-state index contributed by atoms with van der Waals surface area (Å²) in [7, 11) is -3.72. The Hall–Kier alpha value is -2.08. The lowest BCUT2D eigenvalue weighted by Crippen LogP contribution is -2.57. The number of rotatable bonds is 6. The van der Waals surface area contributed by atoms with Crippen LogP contribution in [0.15, 0.2) is 29.2 Å². The summed E-state index contributed by atoms with van der Waals surface area (Å²) < 4.78 is 27.1. The molecular weight excluding hydrogens is 410 g/mol. The maximum Gasteiger partial charge on any atom is 0.269 e. The van der Waals surface area contributed by atoms with Crippen molar-refractivity contribution in [3.05, 3.63) is 34.4 Å². The lowest BCUT2D eigenvalue weighted by molar-refractivity contribution is -0.384. The van der Waals surface area contributed by atoms with E-state index in [0.717, 1.165) is 32.7 Å². The van der Waals surface area contributed by atoms with Gasteiger partial charge in [-0.05, 0) is 25.6 Å². The Kier molecular flexibility index (Phi) is 7.06. The monoisotopic (exact) mass is 439 g/mol. The van der Waals surface area contributed by atoms with E-state index in [1.165, 1.54) is 28.6 Å². The first kappa shape index (κ1) is 22.6. The first-order valence-corrected chi connectivity index (χ1v) is 11.7. The van der Waals surface area contributed by atoms with Gasteiger partial charge in [0, 0.05) is 64.5 Å². The van der Waals surface area contributed by atoms with Crippen LogP contribution in [0.3, 0.4) is 0 Å². The van der Waals surface area contributed by atoms with E-state index in [0.29, 0.717) is 13.1 Å². The number of sulfonamides is 1. The minimum absolute atomic E-state index is 0.0412. The second-order valence-corrected chi connectivity index (χ2v) is 9.56. The average Bonchev–Trinajstić information content (AvgIpc) is 2.78. The lowest BCUT2D eigenvalue weighted by atomic mass is 10.2. The molecule has 0 aliphatic carbocycles. The third-order valence-corrected chi connectivity index (χ3v) is 7.91. The number of benzene rings is 1. The van der Waals surface area contributed by atoms with Crippen LogP contribution in [0.1, 0.15) is 13.8 Å². The van der Waals surface area contributed by atoms with Crippen LogP contribution in [-0.4, -0.2) is 103 Å². The molecule has 2 fully saturated rings. The number of nitro benzene ring substituents is 1. The second-order valence-electron chi connectivity index (χ2n) is 7.63. The number of carbonyl (C=O) groups excluding carboxylic acids is 1. The number of likely N-dealkylation sites (N-methyl/N-ethyl adjacent to an activating group) is 1. The van der Waals surface area contributed by atoms with E-state index in [-0.39, 0.29) is 35.6 Å². The zero-order valence-corrected chi connectivity index (χ0v) is 18.3. The number of piperazine rings is 2. The van der Waals surface area contributed by atoms with Gasteiger partial charge in [-0.3, -0.25) is 19.8 Å². The first-order chi connectivity index (χ1) is 14.2. The van der Waals surface area contributed by atoms with Crippen LogP contribution in [0.5, 0.6) is 0 Å². The predicted molar refractivity (Wildman–Crippen MR) is 112 cm³/mol. The molecule has 2 aliphatic heterocycles. The quantitative estimate of drug-likeness (QED) is 0.468. The molecule has 1 aromatic carbocycles. The van der Waals surface area contributed by atoms with Gasteiger partial charge in [-0.2, -0.15) is 4.31 Å². The Morgan fingerprint density at radius 1 is 1.03 bits per heavy atom. The fourth-order valence-electron chi connectivity index (χ4n) is 3.93. The fourth-order valence-corrected chi connectivity index (χ4v) is 5.35. The molecule has 166 valence electrons. The Morgan fingerprint density at radius 2 is 1.60 bits per heavy atom. The highest BCUT2D eigenvalue weighted by atomic mass is 32.2. The van der Waals surface area contributed by atoms with Crippen LogP contribution in [0.4, 0.5) is 5.69 Å². The summed E-state index contributed by atoms with van der Waals surface area (Å²) in [5.41, 5.74) is -0.147. The molecule has 11 heteroatoms. The molecule has 10 nitrogen and oxygen atoms in total. The van der Waals surface area contributed by atoms with Gasteiger partial charge in [0.25, 0.3) is 5.69 Å². The zero-order chi connectivity index (χ0) is 21.9. The summed E-state index contributed by atoms with van der Waals surface area (Å²) in [6.07, 6.45) is 0. The Morgan fingerprint density at radius 3 is 2.10 bits per heavy atom. The van der Waals surface area contributed by atoms with Crippen molar-refractivity contribution in [2.24, 2.45) is 0 Å². The van der Waals surface area contributed by atoms with Gasteiger partial charge in [-0.15, -0.1) is 0 Å². The van der Waals surface area contributed by atoms with Gasteiger partial charge in [-0.25, -0.2) is 8.42 Å². The first-order valence-electron chi connectivity index (χ1n) is 10.2. The number of nitro groups is 1. The number of amides is 1. The molecule has 0 aromatic heterocycles. The van der Waals surface area contributed by atoms with E-state index < -0.39 is 14.9 Å². The van der Waals surface area contributed by atoms with Gasteiger partial charge in [0.1, 0.15) is 0 Å². The van der Waals surface area contributed by atoms with E-state index in [9.17, 15) is 23.3 Å². The van der Waals surface area contributed by atoms with Crippen LogP contribution >= 0.6 is 0 Å². The van der Waals surface area contributed by atoms with Crippen molar-refractivity contribution in [1.82, 2.24) is 19.0 Å². The number of hydrogen-bond acceptors (Lipinski definition) is 7. The third-order valence-electron chi connectivity index (χ3n) is 5.99. The molecule has 0 bridgehead atoms. The molecule has 0 saturated carbocycles. The topological polar surface area (TPSA) is 107 Å². The third kappa shape index (κ3) is 4.80. The maximum atomic E-state index is 12.9. The van der Waals surface area contributed by atoms with Crippen molar-refractivity contribution >= 4 is 21.6 Å². The van der Waals surface area contributed by atoms with Gasteiger partial charge >= 0.3 is 0 Å². The largest absolute Gasteiger partial charge is 0.339 e. The summed E-state index contributed by atoms with van der Waals surface area (Å²) >= 11 is 0. The molecule has 1 atom stereocenters. The molecule has 0 N–H and O–H groups in total. The summed E-state index contributed by atoms with van der Waals surface area (Å²) in [6.45, 7) is 9.70. The molecule has 2 heterocycles. The molecule has 1 unspecified atom stereocenters. The van der Waals surface area contributed by atoms with Crippen LogP contribution in [-0.2, 0) is 14.8 Å². The second kappa shape index (κ2) is 9.38. The highest BCUT2D eigenvalue weighted by Gasteiger charge is 2.34.